The molecule has 0 heterocycles. The van der Waals surface area contributed by atoms with Gasteiger partial charge in [-0.15, -0.1) is 0 Å². The summed E-state index contributed by atoms with van der Waals surface area (Å²) in [4.78, 5) is 9.07. The maximum Gasteiger partial charge on any atom is 0.476 e. The van der Waals surface area contributed by atoms with Crippen LogP contribution in [0.25, 0.3) is 0 Å². The molecule has 1 N–H and O–H groups in total. The molecule has 0 fully saturated rings. The lowest BCUT2D eigenvalue weighted by Crippen LogP contribution is -2.14. The van der Waals surface area contributed by atoms with Crippen molar-refractivity contribution in [3.8, 4) is 0 Å². The van der Waals surface area contributed by atoms with Crippen molar-refractivity contribution in [2.75, 3.05) is 14.2 Å². The Bertz CT molecular complexity index is 168. The van der Waals surface area contributed by atoms with Crippen molar-refractivity contribution in [2.24, 2.45) is 0 Å². The maximum atomic E-state index is 11.1. The molecule has 0 spiro atoms. The molecule has 13 heavy (non-hydrogen) atoms. The van der Waals surface area contributed by atoms with Gasteiger partial charge < -0.3 is 14.4 Å². The van der Waals surface area contributed by atoms with E-state index < -0.39 is 20.4 Å². The van der Waals surface area contributed by atoms with Crippen LogP contribution in [0.3, 0.4) is 0 Å². The Balaban J connectivity index is 4.00. The minimum Gasteiger partial charge on any atom is -0.356 e. The largest absolute Gasteiger partial charge is 0.476 e. The fraction of sp³-hybridized carbons (Fsp3) is 1.00. The number of phosphoric acid groups is 1. The molecular formula is C6H15O6P. The molecule has 80 valence electrons. The van der Waals surface area contributed by atoms with Crippen molar-refractivity contribution in [1.29, 1.82) is 0 Å². The summed E-state index contributed by atoms with van der Waals surface area (Å²) < 4.78 is 29.4. The molecule has 0 radical (unpaired) electrons. The Kier molecular flexibility index (Phi) is 5.71. The SMILES string of the molecule is COC(C)OP(=O)(O)OC(C)OC. The molecule has 0 amide bonds. The first-order chi connectivity index (χ1) is 5.91. The van der Waals surface area contributed by atoms with Crippen molar-refractivity contribution in [2.45, 2.75) is 26.4 Å². The fourth-order valence-electron chi connectivity index (χ4n) is 0.486. The van der Waals surface area contributed by atoms with Gasteiger partial charge in [0.25, 0.3) is 0 Å². The fourth-order valence-corrected chi connectivity index (χ4v) is 1.46. The van der Waals surface area contributed by atoms with Crippen molar-refractivity contribution < 1.29 is 28.0 Å². The van der Waals surface area contributed by atoms with Crippen molar-refractivity contribution in [1.82, 2.24) is 0 Å². The molecule has 0 aromatic rings. The molecular weight excluding hydrogens is 199 g/mol. The molecule has 2 atom stereocenters. The van der Waals surface area contributed by atoms with Gasteiger partial charge in [-0.2, -0.15) is 0 Å². The van der Waals surface area contributed by atoms with Crippen molar-refractivity contribution in [3.05, 3.63) is 0 Å². The van der Waals surface area contributed by atoms with Crippen LogP contribution < -0.4 is 0 Å². The maximum absolute atomic E-state index is 11.1. The predicted octanol–water partition coefficient (Wildman–Crippen LogP) is 1.10. The number of methoxy groups -OCH3 is 2. The van der Waals surface area contributed by atoms with Gasteiger partial charge in [-0.1, -0.05) is 0 Å². The number of ether oxygens (including phenoxy) is 2. The highest BCUT2D eigenvalue weighted by atomic mass is 31.2. The second kappa shape index (κ2) is 5.70. The van der Waals surface area contributed by atoms with Gasteiger partial charge in [0, 0.05) is 14.2 Å². The lowest BCUT2D eigenvalue weighted by Gasteiger charge is -2.18. The molecule has 0 aromatic carbocycles. The van der Waals surface area contributed by atoms with E-state index >= 15 is 0 Å². The number of hydrogen-bond acceptors (Lipinski definition) is 5. The third-order valence-electron chi connectivity index (χ3n) is 1.23. The second-order valence-electron chi connectivity index (χ2n) is 2.29. The zero-order valence-electron chi connectivity index (χ0n) is 8.09. The van der Waals surface area contributed by atoms with Gasteiger partial charge >= 0.3 is 7.82 Å². The average molecular weight is 214 g/mol. The first-order valence-electron chi connectivity index (χ1n) is 3.66. The van der Waals surface area contributed by atoms with Gasteiger partial charge in [-0.3, -0.25) is 9.05 Å². The molecule has 0 aromatic heterocycles. The molecule has 7 heteroatoms. The third kappa shape index (κ3) is 6.15. The molecule has 0 aliphatic rings. The van der Waals surface area contributed by atoms with Crippen molar-refractivity contribution >= 4 is 7.82 Å². The summed E-state index contributed by atoms with van der Waals surface area (Å²) in [6.07, 6.45) is -1.61. The number of rotatable bonds is 6. The number of phosphoric ester groups is 1. The summed E-state index contributed by atoms with van der Waals surface area (Å²) in [5.74, 6) is 0. The molecule has 0 saturated carbocycles. The average Bonchev–Trinajstić information content (AvgIpc) is 2.02. The standard InChI is InChI=1S/C6H15O6P/c1-5(9-3)11-13(7,8)12-6(2)10-4/h5-6H,1-4H3,(H,7,8). The normalized spacial score (nSPS) is 20.7. The summed E-state index contributed by atoms with van der Waals surface area (Å²) in [6, 6.07) is 0. The Labute approximate surface area is 77.4 Å². The Morgan fingerprint density at radius 1 is 1.08 bits per heavy atom. The molecule has 2 unspecified atom stereocenters. The minimum atomic E-state index is -4.09. The molecule has 0 aliphatic carbocycles. The van der Waals surface area contributed by atoms with E-state index in [1.54, 1.807) is 0 Å². The zero-order chi connectivity index (χ0) is 10.5. The highest BCUT2D eigenvalue weighted by Crippen LogP contribution is 2.45. The van der Waals surface area contributed by atoms with E-state index in [9.17, 15) is 4.57 Å². The monoisotopic (exact) mass is 214 g/mol. The summed E-state index contributed by atoms with van der Waals surface area (Å²) in [7, 11) is -1.38. The lowest BCUT2D eigenvalue weighted by molar-refractivity contribution is -0.0958. The molecule has 0 saturated heterocycles. The Morgan fingerprint density at radius 2 is 1.38 bits per heavy atom. The summed E-state index contributed by atoms with van der Waals surface area (Å²) in [6.45, 7) is 2.95. The van der Waals surface area contributed by atoms with Gasteiger partial charge in [0.1, 0.15) is 0 Å². The van der Waals surface area contributed by atoms with Gasteiger partial charge in [0.15, 0.2) is 12.6 Å². The van der Waals surface area contributed by atoms with Crippen LogP contribution in [0.1, 0.15) is 13.8 Å². The van der Waals surface area contributed by atoms with Gasteiger partial charge in [0.2, 0.25) is 0 Å². The molecule has 6 nitrogen and oxygen atoms in total. The van der Waals surface area contributed by atoms with E-state index in [-0.39, 0.29) is 0 Å². The van der Waals surface area contributed by atoms with E-state index in [0.717, 1.165) is 0 Å². The molecule has 0 rings (SSSR count). The Hall–Kier alpha value is 0.0300. The van der Waals surface area contributed by atoms with Crippen LogP contribution in [0, 0.1) is 0 Å². The van der Waals surface area contributed by atoms with Crippen LogP contribution in [-0.2, 0) is 23.1 Å². The van der Waals surface area contributed by atoms with Crippen molar-refractivity contribution in [3.63, 3.8) is 0 Å². The van der Waals surface area contributed by atoms with Gasteiger partial charge in [0.05, 0.1) is 0 Å². The van der Waals surface area contributed by atoms with Crippen LogP contribution in [0.15, 0.2) is 0 Å². The first-order valence-corrected chi connectivity index (χ1v) is 5.16. The van der Waals surface area contributed by atoms with E-state index in [2.05, 4.69) is 18.5 Å². The van der Waals surface area contributed by atoms with E-state index in [4.69, 9.17) is 4.89 Å². The zero-order valence-corrected chi connectivity index (χ0v) is 8.98. The topological polar surface area (TPSA) is 74.2 Å². The van der Waals surface area contributed by atoms with Gasteiger partial charge in [-0.05, 0) is 13.8 Å². The summed E-state index contributed by atoms with van der Waals surface area (Å²) in [5, 5.41) is 0. The van der Waals surface area contributed by atoms with E-state index in [1.807, 2.05) is 0 Å². The molecule has 0 bridgehead atoms. The summed E-state index contributed by atoms with van der Waals surface area (Å²) >= 11 is 0. The Morgan fingerprint density at radius 3 is 1.62 bits per heavy atom. The highest BCUT2D eigenvalue weighted by molar-refractivity contribution is 7.47. The second-order valence-corrected chi connectivity index (χ2v) is 3.64. The smallest absolute Gasteiger partial charge is 0.356 e. The number of hydrogen-bond donors (Lipinski definition) is 1. The van der Waals surface area contributed by atoms with Gasteiger partial charge in [-0.25, -0.2) is 4.57 Å². The minimum absolute atomic E-state index is 0.806. The molecule has 0 aliphatic heterocycles. The summed E-state index contributed by atoms with van der Waals surface area (Å²) in [5.41, 5.74) is 0. The predicted molar refractivity (Wildman–Crippen MR) is 44.9 cm³/mol. The quantitative estimate of drug-likeness (QED) is 0.527. The van der Waals surface area contributed by atoms with E-state index in [0.29, 0.717) is 0 Å². The third-order valence-corrected chi connectivity index (χ3v) is 2.35. The van der Waals surface area contributed by atoms with Crippen LogP contribution >= 0.6 is 7.82 Å². The van der Waals surface area contributed by atoms with Crippen LogP contribution in [0.5, 0.6) is 0 Å². The van der Waals surface area contributed by atoms with E-state index in [1.165, 1.54) is 28.1 Å². The van der Waals surface area contributed by atoms with Crippen LogP contribution in [-0.4, -0.2) is 31.7 Å². The van der Waals surface area contributed by atoms with Crippen LogP contribution in [0.2, 0.25) is 0 Å². The van der Waals surface area contributed by atoms with Crippen LogP contribution in [0.4, 0.5) is 0 Å². The lowest BCUT2D eigenvalue weighted by atomic mass is 10.8. The first kappa shape index (κ1) is 13.0. The highest BCUT2D eigenvalue weighted by Gasteiger charge is 2.27.